The largest absolute Gasteiger partial charge is 0.393 e. The Bertz CT molecular complexity index is 96.9. The SMILES string of the molecule is C=CC[C@H](O)[C@H](C)C(C)C. The van der Waals surface area contributed by atoms with E-state index in [-0.39, 0.29) is 6.10 Å². The van der Waals surface area contributed by atoms with Gasteiger partial charge in [0.15, 0.2) is 0 Å². The standard InChI is InChI=1S/C9H18O/c1-5-6-9(10)8(4)7(2)3/h5,7-10H,1,6H2,2-4H3/t8-,9+/m1/s1. The molecule has 0 heterocycles. The summed E-state index contributed by atoms with van der Waals surface area (Å²) in [7, 11) is 0. The van der Waals surface area contributed by atoms with Gasteiger partial charge in [-0.2, -0.15) is 0 Å². The quantitative estimate of drug-likeness (QED) is 0.597. The van der Waals surface area contributed by atoms with Gasteiger partial charge in [-0.25, -0.2) is 0 Å². The first kappa shape index (κ1) is 9.70. The molecule has 60 valence electrons. The van der Waals surface area contributed by atoms with Crippen molar-refractivity contribution in [1.82, 2.24) is 0 Å². The summed E-state index contributed by atoms with van der Waals surface area (Å²) < 4.78 is 0. The molecule has 0 aliphatic heterocycles. The maximum Gasteiger partial charge on any atom is 0.0602 e. The fourth-order valence-electron chi connectivity index (χ4n) is 0.830. The summed E-state index contributed by atoms with van der Waals surface area (Å²) in [4.78, 5) is 0. The van der Waals surface area contributed by atoms with Crippen LogP contribution in [0, 0.1) is 11.8 Å². The molecule has 0 bridgehead atoms. The number of aliphatic hydroxyl groups is 1. The fraction of sp³-hybridized carbons (Fsp3) is 0.778. The number of hydrogen-bond acceptors (Lipinski definition) is 1. The van der Waals surface area contributed by atoms with Gasteiger partial charge in [-0.05, 0) is 18.3 Å². The van der Waals surface area contributed by atoms with Crippen molar-refractivity contribution in [3.63, 3.8) is 0 Å². The zero-order valence-corrected chi connectivity index (χ0v) is 7.17. The lowest BCUT2D eigenvalue weighted by molar-refractivity contribution is 0.0946. The molecule has 0 aliphatic rings. The third-order valence-electron chi connectivity index (χ3n) is 2.07. The average molecular weight is 142 g/mol. The number of aliphatic hydroxyl groups excluding tert-OH is 1. The van der Waals surface area contributed by atoms with E-state index in [0.717, 1.165) is 0 Å². The molecular weight excluding hydrogens is 124 g/mol. The van der Waals surface area contributed by atoms with Gasteiger partial charge < -0.3 is 5.11 Å². The Morgan fingerprint density at radius 3 is 2.20 bits per heavy atom. The molecule has 0 amide bonds. The highest BCUT2D eigenvalue weighted by Crippen LogP contribution is 2.16. The van der Waals surface area contributed by atoms with E-state index >= 15 is 0 Å². The molecule has 1 heteroatoms. The smallest absolute Gasteiger partial charge is 0.0602 e. The van der Waals surface area contributed by atoms with Gasteiger partial charge in [0.1, 0.15) is 0 Å². The van der Waals surface area contributed by atoms with E-state index < -0.39 is 0 Å². The van der Waals surface area contributed by atoms with Gasteiger partial charge >= 0.3 is 0 Å². The summed E-state index contributed by atoms with van der Waals surface area (Å²) in [5.74, 6) is 0.924. The third-order valence-corrected chi connectivity index (χ3v) is 2.07. The van der Waals surface area contributed by atoms with E-state index in [2.05, 4.69) is 27.4 Å². The van der Waals surface area contributed by atoms with Crippen molar-refractivity contribution in [3.8, 4) is 0 Å². The molecule has 0 radical (unpaired) electrons. The predicted octanol–water partition coefficient (Wildman–Crippen LogP) is 2.22. The first-order valence-corrected chi connectivity index (χ1v) is 3.88. The van der Waals surface area contributed by atoms with E-state index in [1.807, 2.05) is 0 Å². The van der Waals surface area contributed by atoms with Crippen LogP contribution in [0.15, 0.2) is 12.7 Å². The zero-order valence-electron chi connectivity index (χ0n) is 7.17. The second-order valence-electron chi connectivity index (χ2n) is 3.19. The van der Waals surface area contributed by atoms with Crippen molar-refractivity contribution in [2.75, 3.05) is 0 Å². The van der Waals surface area contributed by atoms with Crippen LogP contribution in [-0.2, 0) is 0 Å². The normalized spacial score (nSPS) is 16.9. The Morgan fingerprint density at radius 2 is 1.90 bits per heavy atom. The van der Waals surface area contributed by atoms with Crippen molar-refractivity contribution in [2.24, 2.45) is 11.8 Å². The summed E-state index contributed by atoms with van der Waals surface area (Å²) in [6.45, 7) is 9.89. The van der Waals surface area contributed by atoms with Gasteiger partial charge in [0, 0.05) is 0 Å². The van der Waals surface area contributed by atoms with Crippen LogP contribution in [0.25, 0.3) is 0 Å². The van der Waals surface area contributed by atoms with Crippen molar-refractivity contribution >= 4 is 0 Å². The first-order chi connectivity index (χ1) is 4.59. The van der Waals surface area contributed by atoms with E-state index in [1.165, 1.54) is 0 Å². The molecule has 0 aromatic heterocycles. The van der Waals surface area contributed by atoms with Crippen molar-refractivity contribution in [3.05, 3.63) is 12.7 Å². The van der Waals surface area contributed by atoms with Crippen LogP contribution >= 0.6 is 0 Å². The maximum absolute atomic E-state index is 9.42. The molecule has 0 spiro atoms. The minimum absolute atomic E-state index is 0.211. The summed E-state index contributed by atoms with van der Waals surface area (Å²) in [5.41, 5.74) is 0. The Kier molecular flexibility index (Phi) is 4.37. The van der Waals surface area contributed by atoms with Crippen LogP contribution in [0.3, 0.4) is 0 Å². The van der Waals surface area contributed by atoms with Gasteiger partial charge in [0.2, 0.25) is 0 Å². The Labute approximate surface area is 63.8 Å². The highest BCUT2D eigenvalue weighted by Gasteiger charge is 2.15. The second kappa shape index (κ2) is 4.51. The minimum atomic E-state index is -0.211. The Balaban J connectivity index is 3.68. The molecule has 0 unspecified atom stereocenters. The molecular formula is C9H18O. The molecule has 1 N–H and O–H groups in total. The van der Waals surface area contributed by atoms with Crippen LogP contribution < -0.4 is 0 Å². The lowest BCUT2D eigenvalue weighted by Crippen LogP contribution is -2.21. The predicted molar refractivity (Wildman–Crippen MR) is 44.8 cm³/mol. The van der Waals surface area contributed by atoms with Crippen LogP contribution in [0.5, 0.6) is 0 Å². The monoisotopic (exact) mass is 142 g/mol. The molecule has 0 saturated heterocycles. The molecule has 10 heavy (non-hydrogen) atoms. The Morgan fingerprint density at radius 1 is 1.40 bits per heavy atom. The number of hydrogen-bond donors (Lipinski definition) is 1. The average Bonchev–Trinajstić information content (AvgIpc) is 1.87. The molecule has 0 aromatic rings. The van der Waals surface area contributed by atoms with Crippen LogP contribution in [0.1, 0.15) is 27.2 Å². The lowest BCUT2D eigenvalue weighted by Gasteiger charge is -2.20. The highest BCUT2D eigenvalue weighted by molar-refractivity contribution is 4.76. The highest BCUT2D eigenvalue weighted by atomic mass is 16.3. The molecule has 0 rings (SSSR count). The summed E-state index contributed by atoms with van der Waals surface area (Å²) in [6, 6.07) is 0. The molecule has 0 aromatic carbocycles. The van der Waals surface area contributed by atoms with Crippen LogP contribution in [0.2, 0.25) is 0 Å². The van der Waals surface area contributed by atoms with Gasteiger partial charge in [-0.3, -0.25) is 0 Å². The fourth-order valence-corrected chi connectivity index (χ4v) is 0.830. The van der Waals surface area contributed by atoms with Crippen molar-refractivity contribution in [2.45, 2.75) is 33.3 Å². The maximum atomic E-state index is 9.42. The van der Waals surface area contributed by atoms with E-state index in [1.54, 1.807) is 6.08 Å². The van der Waals surface area contributed by atoms with Crippen LogP contribution in [0.4, 0.5) is 0 Å². The number of rotatable bonds is 4. The summed E-state index contributed by atoms with van der Waals surface area (Å²) in [6.07, 6.45) is 2.26. The first-order valence-electron chi connectivity index (χ1n) is 3.88. The van der Waals surface area contributed by atoms with Crippen molar-refractivity contribution < 1.29 is 5.11 Å². The molecule has 0 saturated carbocycles. The van der Waals surface area contributed by atoms with Gasteiger partial charge in [-0.1, -0.05) is 26.8 Å². The topological polar surface area (TPSA) is 20.2 Å². The zero-order chi connectivity index (χ0) is 8.15. The van der Waals surface area contributed by atoms with Gasteiger partial charge in [0.25, 0.3) is 0 Å². The van der Waals surface area contributed by atoms with E-state index in [0.29, 0.717) is 18.3 Å². The van der Waals surface area contributed by atoms with E-state index in [9.17, 15) is 5.11 Å². The van der Waals surface area contributed by atoms with Crippen molar-refractivity contribution in [1.29, 1.82) is 0 Å². The Hall–Kier alpha value is -0.300. The third kappa shape index (κ3) is 3.02. The van der Waals surface area contributed by atoms with Crippen LogP contribution in [-0.4, -0.2) is 11.2 Å². The summed E-state index contributed by atoms with van der Waals surface area (Å²) >= 11 is 0. The minimum Gasteiger partial charge on any atom is -0.393 e. The van der Waals surface area contributed by atoms with Gasteiger partial charge in [0.05, 0.1) is 6.10 Å². The van der Waals surface area contributed by atoms with Gasteiger partial charge in [-0.15, -0.1) is 6.58 Å². The molecule has 2 atom stereocenters. The molecule has 0 fully saturated rings. The lowest BCUT2D eigenvalue weighted by atomic mass is 9.91. The molecule has 0 aliphatic carbocycles. The van der Waals surface area contributed by atoms with E-state index in [4.69, 9.17) is 0 Å². The second-order valence-corrected chi connectivity index (χ2v) is 3.19. The summed E-state index contributed by atoms with van der Waals surface area (Å²) in [5, 5.41) is 9.42. The molecule has 1 nitrogen and oxygen atoms in total.